The van der Waals surface area contributed by atoms with Crippen LogP contribution < -0.4 is 3.53 Å². The van der Waals surface area contributed by atoms with Gasteiger partial charge in [-0.1, -0.05) is 12.1 Å². The molecule has 1 unspecified atom stereocenters. The Morgan fingerprint density at radius 3 is 2.64 bits per heavy atom. The van der Waals surface area contributed by atoms with Crippen molar-refractivity contribution < 1.29 is 9.90 Å². The predicted molar refractivity (Wildman–Crippen MR) is 63.7 cm³/mol. The van der Waals surface area contributed by atoms with Gasteiger partial charge in [0.2, 0.25) is 0 Å². The van der Waals surface area contributed by atoms with E-state index >= 15 is 0 Å². The summed E-state index contributed by atoms with van der Waals surface area (Å²) in [5, 5.41) is 8.84. The van der Waals surface area contributed by atoms with Crippen LogP contribution in [0.25, 0.3) is 0 Å². The first-order chi connectivity index (χ1) is 6.56. The van der Waals surface area contributed by atoms with Gasteiger partial charge in [-0.05, 0) is 31.0 Å². The number of carboxylic acid groups (broad SMARTS) is 1. The Morgan fingerprint density at radius 1 is 1.57 bits per heavy atom. The van der Waals surface area contributed by atoms with E-state index in [0.29, 0.717) is 5.56 Å². The third-order valence-corrected chi connectivity index (χ3v) is 3.08. The summed E-state index contributed by atoms with van der Waals surface area (Å²) in [6, 6.07) is 5.63. The molecule has 0 saturated heterocycles. The Morgan fingerprint density at radius 2 is 2.21 bits per heavy atom. The lowest BCUT2D eigenvalue weighted by molar-refractivity contribution is 0.0696. The van der Waals surface area contributed by atoms with Crippen molar-refractivity contribution in [2.45, 2.75) is 19.9 Å². The van der Waals surface area contributed by atoms with Gasteiger partial charge in [-0.2, -0.15) is 0 Å². The molecular weight excluding hydrogens is 293 g/mol. The highest BCUT2D eigenvalue weighted by Crippen LogP contribution is 2.17. The van der Waals surface area contributed by atoms with Crippen molar-refractivity contribution >= 4 is 28.8 Å². The third-order valence-electron chi connectivity index (χ3n) is 2.14. The van der Waals surface area contributed by atoms with E-state index in [-0.39, 0.29) is 6.04 Å². The van der Waals surface area contributed by atoms with Crippen molar-refractivity contribution in [1.29, 1.82) is 0 Å². The van der Waals surface area contributed by atoms with E-state index in [4.69, 9.17) is 5.11 Å². The molecule has 0 aliphatic heterocycles. The van der Waals surface area contributed by atoms with Crippen LogP contribution in [-0.2, 0) is 0 Å². The van der Waals surface area contributed by atoms with Gasteiger partial charge in [-0.15, -0.1) is 0 Å². The summed E-state index contributed by atoms with van der Waals surface area (Å²) in [5.74, 6) is -0.871. The number of rotatable bonds is 3. The summed E-state index contributed by atoms with van der Waals surface area (Å²) in [7, 11) is 0. The van der Waals surface area contributed by atoms with Crippen molar-refractivity contribution in [2.24, 2.45) is 0 Å². The van der Waals surface area contributed by atoms with E-state index in [1.807, 2.05) is 26.0 Å². The Kier molecular flexibility index (Phi) is 3.88. The molecule has 0 bridgehead atoms. The normalized spacial score (nSPS) is 12.5. The molecule has 1 atom stereocenters. The summed E-state index contributed by atoms with van der Waals surface area (Å²) in [6.45, 7) is 3.84. The number of carboxylic acids is 1. The SMILES string of the molecule is Cc1cc(C(C)NI)ccc1C(=O)O. The van der Waals surface area contributed by atoms with Gasteiger partial charge in [0.05, 0.1) is 5.56 Å². The van der Waals surface area contributed by atoms with Gasteiger partial charge in [0.25, 0.3) is 0 Å². The molecule has 76 valence electrons. The lowest BCUT2D eigenvalue weighted by atomic mass is 10.0. The number of carbonyl (C=O) groups is 1. The number of benzene rings is 1. The van der Waals surface area contributed by atoms with Crippen molar-refractivity contribution in [1.82, 2.24) is 3.53 Å². The minimum absolute atomic E-state index is 0.233. The number of nitrogens with one attached hydrogen (secondary N) is 1. The van der Waals surface area contributed by atoms with E-state index in [1.165, 1.54) is 0 Å². The number of hydrogen-bond acceptors (Lipinski definition) is 2. The molecule has 0 spiro atoms. The largest absolute Gasteiger partial charge is 0.478 e. The molecular formula is C10H12INO2. The lowest BCUT2D eigenvalue weighted by Gasteiger charge is -2.11. The first-order valence-electron chi connectivity index (χ1n) is 4.26. The maximum absolute atomic E-state index is 10.8. The lowest BCUT2D eigenvalue weighted by Crippen LogP contribution is -2.07. The van der Waals surface area contributed by atoms with Crippen LogP contribution in [0.15, 0.2) is 18.2 Å². The van der Waals surface area contributed by atoms with E-state index < -0.39 is 5.97 Å². The molecule has 0 fully saturated rings. The number of aryl methyl sites for hydroxylation is 1. The third kappa shape index (κ3) is 2.45. The van der Waals surface area contributed by atoms with Crippen molar-refractivity contribution in [2.75, 3.05) is 0 Å². The molecule has 0 radical (unpaired) electrons. The first-order valence-corrected chi connectivity index (χ1v) is 5.34. The van der Waals surface area contributed by atoms with E-state index in [2.05, 4.69) is 26.4 Å². The van der Waals surface area contributed by atoms with E-state index in [0.717, 1.165) is 11.1 Å². The average molecular weight is 305 g/mol. The zero-order valence-corrected chi connectivity index (χ0v) is 10.2. The van der Waals surface area contributed by atoms with Crippen LogP contribution in [0.3, 0.4) is 0 Å². The molecule has 0 aliphatic rings. The second-order valence-corrected chi connectivity index (χ2v) is 3.83. The maximum atomic E-state index is 10.8. The van der Waals surface area contributed by atoms with Crippen LogP contribution in [-0.4, -0.2) is 11.1 Å². The predicted octanol–water partition coefficient (Wildman–Crippen LogP) is 2.69. The van der Waals surface area contributed by atoms with Crippen LogP contribution in [0.1, 0.15) is 34.5 Å². The monoisotopic (exact) mass is 305 g/mol. The Balaban J connectivity index is 3.06. The second kappa shape index (κ2) is 4.75. The molecule has 1 aromatic carbocycles. The fourth-order valence-corrected chi connectivity index (χ4v) is 1.62. The van der Waals surface area contributed by atoms with Crippen molar-refractivity contribution in [3.63, 3.8) is 0 Å². The van der Waals surface area contributed by atoms with Crippen LogP contribution >= 0.6 is 22.9 Å². The second-order valence-electron chi connectivity index (χ2n) is 3.21. The van der Waals surface area contributed by atoms with Crippen molar-refractivity contribution in [3.8, 4) is 0 Å². The van der Waals surface area contributed by atoms with Gasteiger partial charge >= 0.3 is 5.97 Å². The molecule has 0 heterocycles. The van der Waals surface area contributed by atoms with Crippen molar-refractivity contribution in [3.05, 3.63) is 34.9 Å². The fourth-order valence-electron chi connectivity index (χ4n) is 1.26. The molecule has 1 aromatic rings. The standard InChI is InChI=1S/C10H12INO2/c1-6-5-8(7(2)12-11)3-4-9(6)10(13)14/h3-5,7,12H,1-2H3,(H,13,14). The van der Waals surface area contributed by atoms with E-state index in [9.17, 15) is 4.79 Å². The van der Waals surface area contributed by atoms with Crippen LogP contribution in [0.2, 0.25) is 0 Å². The highest BCUT2D eigenvalue weighted by molar-refractivity contribution is 14.1. The van der Waals surface area contributed by atoms with Gasteiger partial charge in [0.1, 0.15) is 0 Å². The summed E-state index contributed by atoms with van der Waals surface area (Å²) >= 11 is 2.08. The highest BCUT2D eigenvalue weighted by atomic mass is 127. The molecule has 1 rings (SSSR count). The number of halogens is 1. The van der Waals surface area contributed by atoms with Gasteiger partial charge in [0.15, 0.2) is 0 Å². The minimum Gasteiger partial charge on any atom is -0.478 e. The summed E-state index contributed by atoms with van der Waals surface area (Å²) < 4.78 is 3.08. The zero-order valence-electron chi connectivity index (χ0n) is 8.04. The average Bonchev–Trinajstić information content (AvgIpc) is 2.15. The molecule has 0 aromatic heterocycles. The van der Waals surface area contributed by atoms with Crippen LogP contribution in [0.4, 0.5) is 0 Å². The van der Waals surface area contributed by atoms with Gasteiger partial charge < -0.3 is 5.11 Å². The molecule has 2 N–H and O–H groups in total. The molecule has 0 aliphatic carbocycles. The Labute approximate surface area is 97.0 Å². The molecule has 4 heteroatoms. The highest BCUT2D eigenvalue weighted by Gasteiger charge is 2.09. The maximum Gasteiger partial charge on any atom is 0.335 e. The molecule has 14 heavy (non-hydrogen) atoms. The number of aromatic carboxylic acids is 1. The van der Waals surface area contributed by atoms with E-state index in [1.54, 1.807) is 6.07 Å². The van der Waals surface area contributed by atoms with Gasteiger partial charge in [0, 0.05) is 28.9 Å². The topological polar surface area (TPSA) is 49.3 Å². The van der Waals surface area contributed by atoms with Crippen LogP contribution in [0, 0.1) is 6.92 Å². The quantitative estimate of drug-likeness (QED) is 0.667. The fraction of sp³-hybridized carbons (Fsp3) is 0.300. The Bertz CT molecular complexity index is 352. The smallest absolute Gasteiger partial charge is 0.335 e. The summed E-state index contributed by atoms with van der Waals surface area (Å²) in [5.41, 5.74) is 2.27. The van der Waals surface area contributed by atoms with Gasteiger partial charge in [-0.3, -0.25) is 3.53 Å². The summed E-state index contributed by atoms with van der Waals surface area (Å²) in [4.78, 5) is 10.8. The molecule has 3 nitrogen and oxygen atoms in total. The molecule has 0 saturated carbocycles. The minimum atomic E-state index is -0.871. The number of hydrogen-bond donors (Lipinski definition) is 2. The molecule has 0 amide bonds. The van der Waals surface area contributed by atoms with Crippen LogP contribution in [0.5, 0.6) is 0 Å². The van der Waals surface area contributed by atoms with Gasteiger partial charge in [-0.25, -0.2) is 4.79 Å². The Hall–Kier alpha value is -0.620. The summed E-state index contributed by atoms with van der Waals surface area (Å²) in [6.07, 6.45) is 0. The first kappa shape index (κ1) is 11.5. The zero-order chi connectivity index (χ0) is 10.7.